The molecule has 6 heteroatoms. The van der Waals surface area contributed by atoms with Gasteiger partial charge in [0.15, 0.2) is 0 Å². The van der Waals surface area contributed by atoms with Crippen LogP contribution < -0.4 is 5.32 Å². The van der Waals surface area contributed by atoms with E-state index in [2.05, 4.69) is 15.3 Å². The number of hydrogen-bond acceptors (Lipinski definition) is 3. The van der Waals surface area contributed by atoms with Crippen molar-refractivity contribution in [3.63, 3.8) is 0 Å². The molecule has 2 rings (SSSR count). The van der Waals surface area contributed by atoms with E-state index in [9.17, 15) is 9.18 Å². The monoisotopic (exact) mass is 251 g/mol. The van der Waals surface area contributed by atoms with Crippen molar-refractivity contribution in [2.24, 2.45) is 0 Å². The van der Waals surface area contributed by atoms with Crippen molar-refractivity contribution in [2.45, 2.75) is 0 Å². The lowest BCUT2D eigenvalue weighted by Gasteiger charge is -2.05. The predicted octanol–water partition coefficient (Wildman–Crippen LogP) is 2.52. The first-order chi connectivity index (χ1) is 8.16. The summed E-state index contributed by atoms with van der Waals surface area (Å²) in [6.07, 6.45) is 2.70. The largest absolute Gasteiger partial charge is 0.320 e. The van der Waals surface area contributed by atoms with Gasteiger partial charge in [-0.2, -0.15) is 4.39 Å². The highest BCUT2D eigenvalue weighted by Crippen LogP contribution is 2.14. The quantitative estimate of drug-likeness (QED) is 0.835. The lowest BCUT2D eigenvalue weighted by atomic mass is 10.2. The van der Waals surface area contributed by atoms with E-state index in [1.807, 2.05) is 0 Å². The number of aromatic nitrogens is 2. The summed E-state index contributed by atoms with van der Waals surface area (Å²) in [5.41, 5.74) is 0.634. The molecule has 86 valence electrons. The number of pyridine rings is 2. The van der Waals surface area contributed by atoms with Gasteiger partial charge in [0, 0.05) is 6.20 Å². The van der Waals surface area contributed by atoms with E-state index >= 15 is 0 Å². The van der Waals surface area contributed by atoms with Crippen LogP contribution in [0.2, 0.25) is 5.15 Å². The Bertz CT molecular complexity index is 545. The summed E-state index contributed by atoms with van der Waals surface area (Å²) in [6.45, 7) is 0. The van der Waals surface area contributed by atoms with Crippen molar-refractivity contribution in [3.8, 4) is 0 Å². The molecule has 0 aliphatic carbocycles. The molecule has 0 aliphatic heterocycles. The van der Waals surface area contributed by atoms with Gasteiger partial charge in [-0.3, -0.25) is 4.79 Å². The third-order valence-electron chi connectivity index (χ3n) is 1.99. The SMILES string of the molecule is O=C(Nc1ccc(F)nc1)c1cccnc1Cl. The standard InChI is InChI=1S/C11H7ClFN3O/c12-10-8(2-1-5-14-10)11(17)16-7-3-4-9(13)15-6-7/h1-6H,(H,16,17). The highest BCUT2D eigenvalue weighted by atomic mass is 35.5. The second-order valence-corrected chi connectivity index (χ2v) is 3.52. The molecule has 0 atom stereocenters. The first-order valence-corrected chi connectivity index (χ1v) is 5.08. The maximum atomic E-state index is 12.6. The number of nitrogens with zero attached hydrogens (tertiary/aromatic N) is 2. The molecule has 0 bridgehead atoms. The second-order valence-electron chi connectivity index (χ2n) is 3.17. The maximum Gasteiger partial charge on any atom is 0.258 e. The van der Waals surface area contributed by atoms with Crippen LogP contribution >= 0.6 is 11.6 Å². The smallest absolute Gasteiger partial charge is 0.258 e. The molecule has 0 saturated carbocycles. The molecular formula is C11H7ClFN3O. The number of nitrogens with one attached hydrogen (secondary N) is 1. The lowest BCUT2D eigenvalue weighted by molar-refractivity contribution is 0.102. The highest BCUT2D eigenvalue weighted by Gasteiger charge is 2.10. The van der Waals surface area contributed by atoms with Crippen molar-refractivity contribution in [1.82, 2.24) is 9.97 Å². The Kier molecular flexibility index (Phi) is 3.30. The second kappa shape index (κ2) is 4.88. The van der Waals surface area contributed by atoms with Gasteiger partial charge < -0.3 is 5.32 Å². The molecule has 0 saturated heterocycles. The molecular weight excluding hydrogens is 245 g/mol. The van der Waals surface area contributed by atoms with Gasteiger partial charge in [0.25, 0.3) is 5.91 Å². The molecule has 0 radical (unpaired) electrons. The van der Waals surface area contributed by atoms with Gasteiger partial charge in [0.1, 0.15) is 5.15 Å². The Hall–Kier alpha value is -2.01. The fraction of sp³-hybridized carbons (Fsp3) is 0. The zero-order chi connectivity index (χ0) is 12.3. The minimum Gasteiger partial charge on any atom is -0.320 e. The van der Waals surface area contributed by atoms with Crippen molar-refractivity contribution < 1.29 is 9.18 Å². The fourth-order valence-electron chi connectivity index (χ4n) is 1.20. The summed E-state index contributed by atoms with van der Waals surface area (Å²) in [5.74, 6) is -1.03. The summed E-state index contributed by atoms with van der Waals surface area (Å²) in [6, 6.07) is 5.70. The van der Waals surface area contributed by atoms with Gasteiger partial charge in [0.05, 0.1) is 17.4 Å². The van der Waals surface area contributed by atoms with E-state index in [1.54, 1.807) is 12.1 Å². The maximum absolute atomic E-state index is 12.6. The number of rotatable bonds is 2. The summed E-state index contributed by atoms with van der Waals surface area (Å²) in [7, 11) is 0. The van der Waals surface area contributed by atoms with Crippen LogP contribution in [0, 0.1) is 5.95 Å². The first-order valence-electron chi connectivity index (χ1n) is 4.70. The Morgan fingerprint density at radius 2 is 2.12 bits per heavy atom. The molecule has 1 N–H and O–H groups in total. The Balaban J connectivity index is 2.17. The number of halogens is 2. The molecule has 2 aromatic heterocycles. The molecule has 0 spiro atoms. The molecule has 0 unspecified atom stereocenters. The summed E-state index contributed by atoms with van der Waals surface area (Å²) < 4.78 is 12.6. The fourth-order valence-corrected chi connectivity index (χ4v) is 1.41. The molecule has 0 aliphatic rings. The van der Waals surface area contributed by atoms with E-state index < -0.39 is 11.9 Å². The zero-order valence-corrected chi connectivity index (χ0v) is 9.28. The van der Waals surface area contributed by atoms with E-state index in [0.717, 1.165) is 6.07 Å². The molecule has 0 fully saturated rings. The van der Waals surface area contributed by atoms with E-state index in [4.69, 9.17) is 11.6 Å². The van der Waals surface area contributed by atoms with Gasteiger partial charge in [-0.1, -0.05) is 11.6 Å². The van der Waals surface area contributed by atoms with Gasteiger partial charge >= 0.3 is 0 Å². The third-order valence-corrected chi connectivity index (χ3v) is 2.29. The van der Waals surface area contributed by atoms with Crippen LogP contribution in [0.4, 0.5) is 10.1 Å². The first kappa shape index (κ1) is 11.5. The minimum atomic E-state index is -0.609. The number of hydrogen-bond donors (Lipinski definition) is 1. The topological polar surface area (TPSA) is 54.9 Å². The summed E-state index contributed by atoms with van der Waals surface area (Å²) >= 11 is 5.76. The van der Waals surface area contributed by atoms with Crippen molar-refractivity contribution in [2.75, 3.05) is 5.32 Å². The number of amides is 1. The molecule has 1 amide bonds. The van der Waals surface area contributed by atoms with Crippen LogP contribution in [0.3, 0.4) is 0 Å². The van der Waals surface area contributed by atoms with Crippen LogP contribution in [0.5, 0.6) is 0 Å². The molecule has 2 heterocycles. The van der Waals surface area contributed by atoms with Crippen molar-refractivity contribution in [1.29, 1.82) is 0 Å². The normalized spacial score (nSPS) is 10.0. The zero-order valence-electron chi connectivity index (χ0n) is 8.52. The summed E-state index contributed by atoms with van der Waals surface area (Å²) in [4.78, 5) is 19.0. The minimum absolute atomic E-state index is 0.111. The Labute approximate surface area is 101 Å². The van der Waals surface area contributed by atoms with E-state index in [0.29, 0.717) is 5.69 Å². The molecule has 4 nitrogen and oxygen atoms in total. The van der Waals surface area contributed by atoms with Gasteiger partial charge in [0.2, 0.25) is 5.95 Å². The van der Waals surface area contributed by atoms with E-state index in [-0.39, 0.29) is 10.7 Å². The number of carbonyl (C=O) groups is 1. The average molecular weight is 252 g/mol. The van der Waals surface area contributed by atoms with Crippen LogP contribution in [-0.2, 0) is 0 Å². The Morgan fingerprint density at radius 3 is 2.76 bits per heavy atom. The molecule has 2 aromatic rings. The third kappa shape index (κ3) is 2.76. The molecule has 17 heavy (non-hydrogen) atoms. The Morgan fingerprint density at radius 1 is 1.29 bits per heavy atom. The average Bonchev–Trinajstić information content (AvgIpc) is 2.32. The van der Waals surface area contributed by atoms with Crippen LogP contribution in [-0.4, -0.2) is 15.9 Å². The number of anilines is 1. The van der Waals surface area contributed by atoms with Gasteiger partial charge in [-0.15, -0.1) is 0 Å². The summed E-state index contributed by atoms with van der Waals surface area (Å²) in [5, 5.41) is 2.64. The van der Waals surface area contributed by atoms with Gasteiger partial charge in [-0.25, -0.2) is 9.97 Å². The van der Waals surface area contributed by atoms with Crippen molar-refractivity contribution >= 4 is 23.2 Å². The lowest BCUT2D eigenvalue weighted by Crippen LogP contribution is -2.13. The number of carbonyl (C=O) groups excluding carboxylic acids is 1. The predicted molar refractivity (Wildman–Crippen MR) is 61.4 cm³/mol. The van der Waals surface area contributed by atoms with Crippen LogP contribution in [0.15, 0.2) is 36.7 Å². The highest BCUT2D eigenvalue weighted by molar-refractivity contribution is 6.33. The molecule has 0 aromatic carbocycles. The van der Waals surface area contributed by atoms with Crippen LogP contribution in [0.25, 0.3) is 0 Å². The van der Waals surface area contributed by atoms with E-state index in [1.165, 1.54) is 18.5 Å². The van der Waals surface area contributed by atoms with Gasteiger partial charge in [-0.05, 0) is 24.3 Å². The van der Waals surface area contributed by atoms with Crippen molar-refractivity contribution in [3.05, 3.63) is 53.3 Å². The van der Waals surface area contributed by atoms with Crippen LogP contribution in [0.1, 0.15) is 10.4 Å².